The van der Waals surface area contributed by atoms with Crippen LogP contribution < -0.4 is 4.74 Å². The first-order chi connectivity index (χ1) is 9.51. The lowest BCUT2D eigenvalue weighted by Crippen LogP contribution is -2.00. The Morgan fingerprint density at radius 1 is 1.20 bits per heavy atom. The van der Waals surface area contributed by atoms with Gasteiger partial charge in [0.1, 0.15) is 11.5 Å². The van der Waals surface area contributed by atoms with E-state index in [2.05, 4.69) is 4.98 Å². The molecule has 0 aliphatic heterocycles. The van der Waals surface area contributed by atoms with Crippen molar-refractivity contribution in [3.8, 4) is 11.5 Å². The third-order valence-electron chi connectivity index (χ3n) is 3.06. The molecule has 0 saturated carbocycles. The van der Waals surface area contributed by atoms with Gasteiger partial charge in [-0.1, -0.05) is 13.0 Å². The number of hydrogen-bond donors (Lipinski definition) is 1. The predicted octanol–water partition coefficient (Wildman–Crippen LogP) is 3.75. The minimum Gasteiger partial charge on any atom is -0.478 e. The second-order valence-electron chi connectivity index (χ2n) is 4.64. The van der Waals surface area contributed by atoms with Gasteiger partial charge in [0.05, 0.1) is 11.3 Å². The van der Waals surface area contributed by atoms with Crippen molar-refractivity contribution in [2.75, 3.05) is 0 Å². The van der Waals surface area contributed by atoms with E-state index in [1.54, 1.807) is 12.1 Å². The zero-order valence-corrected chi connectivity index (χ0v) is 11.8. The summed E-state index contributed by atoms with van der Waals surface area (Å²) in [7, 11) is 0. The number of aryl methyl sites for hydroxylation is 3. The first kappa shape index (κ1) is 14.1. The summed E-state index contributed by atoms with van der Waals surface area (Å²) in [6, 6.07) is 8.60. The summed E-state index contributed by atoms with van der Waals surface area (Å²) in [5.41, 5.74) is 2.90. The van der Waals surface area contributed by atoms with Gasteiger partial charge in [0.2, 0.25) is 0 Å². The number of carboxylic acids is 1. The molecular formula is C16H17NO3. The van der Waals surface area contributed by atoms with Crippen LogP contribution in [0.15, 0.2) is 30.3 Å². The summed E-state index contributed by atoms with van der Waals surface area (Å²) >= 11 is 0. The number of carbonyl (C=O) groups is 1. The molecule has 0 aliphatic carbocycles. The molecule has 1 aromatic carbocycles. The quantitative estimate of drug-likeness (QED) is 0.920. The maximum atomic E-state index is 11.0. The van der Waals surface area contributed by atoms with Crippen molar-refractivity contribution in [3.05, 3.63) is 52.8 Å². The Kier molecular flexibility index (Phi) is 4.03. The summed E-state index contributed by atoms with van der Waals surface area (Å²) in [6.07, 6.45) is 0.759. The summed E-state index contributed by atoms with van der Waals surface area (Å²) in [5.74, 6) is 0.251. The van der Waals surface area contributed by atoms with E-state index in [4.69, 9.17) is 9.84 Å². The Morgan fingerprint density at radius 3 is 2.60 bits per heavy atom. The van der Waals surface area contributed by atoms with Crippen molar-refractivity contribution in [2.24, 2.45) is 0 Å². The molecule has 1 N–H and O–H groups in total. The van der Waals surface area contributed by atoms with Crippen LogP contribution in [0.1, 0.15) is 34.2 Å². The van der Waals surface area contributed by atoms with Crippen molar-refractivity contribution in [3.63, 3.8) is 0 Å². The smallest absolute Gasteiger partial charge is 0.335 e. The summed E-state index contributed by atoms with van der Waals surface area (Å²) < 4.78 is 5.85. The van der Waals surface area contributed by atoms with Crippen LogP contribution in [0.2, 0.25) is 0 Å². The number of aromatic carboxylic acids is 1. The van der Waals surface area contributed by atoms with Crippen LogP contribution in [-0.4, -0.2) is 16.1 Å². The van der Waals surface area contributed by atoms with Crippen LogP contribution in [0.3, 0.4) is 0 Å². The number of carboxylic acid groups (broad SMARTS) is 1. The van der Waals surface area contributed by atoms with Crippen molar-refractivity contribution >= 4 is 5.97 Å². The second-order valence-corrected chi connectivity index (χ2v) is 4.64. The standard InChI is InChI=1S/C16H17NO3/c1-4-13-14(8-6-11(3)17-13)20-15-9-12(16(18)19)7-5-10(15)2/h5-9H,4H2,1-3H3,(H,18,19). The summed E-state index contributed by atoms with van der Waals surface area (Å²) in [5, 5.41) is 9.04. The highest BCUT2D eigenvalue weighted by atomic mass is 16.5. The van der Waals surface area contributed by atoms with Crippen molar-refractivity contribution in [1.29, 1.82) is 0 Å². The highest BCUT2D eigenvalue weighted by Crippen LogP contribution is 2.28. The van der Waals surface area contributed by atoms with Gasteiger partial charge in [-0.15, -0.1) is 0 Å². The van der Waals surface area contributed by atoms with E-state index >= 15 is 0 Å². The molecule has 1 heterocycles. The maximum Gasteiger partial charge on any atom is 0.335 e. The molecule has 0 spiro atoms. The lowest BCUT2D eigenvalue weighted by molar-refractivity contribution is 0.0696. The van der Waals surface area contributed by atoms with Gasteiger partial charge in [0, 0.05) is 5.69 Å². The Morgan fingerprint density at radius 2 is 1.95 bits per heavy atom. The number of aromatic nitrogens is 1. The molecule has 0 saturated heterocycles. The fourth-order valence-corrected chi connectivity index (χ4v) is 1.91. The van der Waals surface area contributed by atoms with E-state index in [0.29, 0.717) is 11.5 Å². The third-order valence-corrected chi connectivity index (χ3v) is 3.06. The molecule has 0 aliphatic rings. The molecule has 2 rings (SSSR count). The van der Waals surface area contributed by atoms with Gasteiger partial charge in [-0.25, -0.2) is 4.79 Å². The zero-order chi connectivity index (χ0) is 14.7. The first-order valence-corrected chi connectivity index (χ1v) is 6.49. The van der Waals surface area contributed by atoms with E-state index in [-0.39, 0.29) is 5.56 Å². The number of rotatable bonds is 4. The first-order valence-electron chi connectivity index (χ1n) is 6.49. The molecule has 0 radical (unpaired) electrons. The topological polar surface area (TPSA) is 59.4 Å². The van der Waals surface area contributed by atoms with Crippen LogP contribution in [0.4, 0.5) is 0 Å². The number of benzene rings is 1. The third kappa shape index (κ3) is 2.96. The second kappa shape index (κ2) is 5.74. The van der Waals surface area contributed by atoms with Crippen LogP contribution >= 0.6 is 0 Å². The molecule has 0 unspecified atom stereocenters. The van der Waals surface area contributed by atoms with Gasteiger partial charge >= 0.3 is 5.97 Å². The Hall–Kier alpha value is -2.36. The van der Waals surface area contributed by atoms with Crippen molar-refractivity contribution in [2.45, 2.75) is 27.2 Å². The van der Waals surface area contributed by atoms with Gasteiger partial charge in [-0.2, -0.15) is 0 Å². The van der Waals surface area contributed by atoms with Gasteiger partial charge < -0.3 is 9.84 Å². The van der Waals surface area contributed by atoms with Crippen molar-refractivity contribution < 1.29 is 14.6 Å². The summed E-state index contributed by atoms with van der Waals surface area (Å²) in [4.78, 5) is 15.5. The van der Waals surface area contributed by atoms with Gasteiger partial charge in [0.15, 0.2) is 0 Å². The fraction of sp³-hybridized carbons (Fsp3) is 0.250. The molecule has 4 nitrogen and oxygen atoms in total. The molecule has 20 heavy (non-hydrogen) atoms. The molecule has 4 heteroatoms. The molecule has 0 atom stereocenters. The fourth-order valence-electron chi connectivity index (χ4n) is 1.91. The highest BCUT2D eigenvalue weighted by molar-refractivity contribution is 5.88. The van der Waals surface area contributed by atoms with Crippen LogP contribution in [0, 0.1) is 13.8 Å². The molecule has 0 bridgehead atoms. The van der Waals surface area contributed by atoms with Gasteiger partial charge in [-0.3, -0.25) is 4.98 Å². The summed E-state index contributed by atoms with van der Waals surface area (Å²) in [6.45, 7) is 5.82. The largest absolute Gasteiger partial charge is 0.478 e. The zero-order valence-electron chi connectivity index (χ0n) is 11.8. The average Bonchev–Trinajstić information content (AvgIpc) is 2.42. The lowest BCUT2D eigenvalue weighted by atomic mass is 10.1. The average molecular weight is 271 g/mol. The van der Waals surface area contributed by atoms with E-state index in [9.17, 15) is 4.79 Å². The Balaban J connectivity index is 2.39. The van der Waals surface area contributed by atoms with Gasteiger partial charge in [0.25, 0.3) is 0 Å². The number of ether oxygens (including phenoxy) is 1. The van der Waals surface area contributed by atoms with E-state index in [0.717, 1.165) is 23.4 Å². The minimum atomic E-state index is -0.965. The Labute approximate surface area is 118 Å². The van der Waals surface area contributed by atoms with Crippen LogP contribution in [-0.2, 0) is 6.42 Å². The molecule has 1 aromatic heterocycles. The SMILES string of the molecule is CCc1nc(C)ccc1Oc1cc(C(=O)O)ccc1C. The van der Waals surface area contributed by atoms with E-state index in [1.807, 2.05) is 32.9 Å². The number of nitrogens with zero attached hydrogens (tertiary/aromatic N) is 1. The minimum absolute atomic E-state index is 0.212. The lowest BCUT2D eigenvalue weighted by Gasteiger charge is -2.12. The molecule has 0 amide bonds. The molecule has 104 valence electrons. The van der Waals surface area contributed by atoms with E-state index < -0.39 is 5.97 Å². The molecular weight excluding hydrogens is 254 g/mol. The monoisotopic (exact) mass is 271 g/mol. The predicted molar refractivity (Wildman–Crippen MR) is 76.6 cm³/mol. The van der Waals surface area contributed by atoms with E-state index in [1.165, 1.54) is 6.07 Å². The van der Waals surface area contributed by atoms with Gasteiger partial charge in [-0.05, 0) is 50.1 Å². The van der Waals surface area contributed by atoms with Crippen LogP contribution in [0.5, 0.6) is 11.5 Å². The highest BCUT2D eigenvalue weighted by Gasteiger charge is 2.10. The molecule has 0 fully saturated rings. The normalized spacial score (nSPS) is 10.3. The number of hydrogen-bond acceptors (Lipinski definition) is 3. The Bertz CT molecular complexity index is 650. The maximum absolute atomic E-state index is 11.0. The molecule has 2 aromatic rings. The van der Waals surface area contributed by atoms with Crippen LogP contribution in [0.25, 0.3) is 0 Å². The number of pyridine rings is 1. The van der Waals surface area contributed by atoms with Crippen molar-refractivity contribution in [1.82, 2.24) is 4.98 Å².